The molecule has 1 saturated heterocycles. The summed E-state index contributed by atoms with van der Waals surface area (Å²) in [6.45, 7) is 4.57. The van der Waals surface area contributed by atoms with Crippen LogP contribution < -0.4 is 9.62 Å². The fourth-order valence-corrected chi connectivity index (χ4v) is 6.81. The quantitative estimate of drug-likeness (QED) is 0.235. The van der Waals surface area contributed by atoms with Gasteiger partial charge < -0.3 is 19.6 Å². The molecule has 0 unspecified atom stereocenters. The Morgan fingerprint density at radius 1 is 1.09 bits per heavy atom. The molecule has 1 fully saturated rings. The number of para-hydroxylation sites is 1. The lowest BCUT2D eigenvalue weighted by atomic mass is 9.88. The Kier molecular flexibility index (Phi) is 7.68. The van der Waals surface area contributed by atoms with Crippen molar-refractivity contribution < 1.29 is 26.8 Å². The van der Waals surface area contributed by atoms with Crippen molar-refractivity contribution in [1.29, 1.82) is 0 Å². The summed E-state index contributed by atoms with van der Waals surface area (Å²) in [5, 5.41) is 3.92. The number of hydrogen-bond acceptors (Lipinski definition) is 5. The number of carbonyl (C=O) groups is 2. The lowest BCUT2D eigenvalue weighted by Crippen LogP contribution is -2.40. The van der Waals surface area contributed by atoms with Crippen LogP contribution in [-0.4, -0.2) is 63.6 Å². The maximum absolute atomic E-state index is 14.5. The standard InChI is InChI=1S/C34H35FN4O5S/c1-19-11-13-21(14-12-19)32-29(33(40)36-3)25-16-24(27(17-28(25)44-32)38(4)45(5,42)43)22-8-7-15-39(18-22)34(41)30-20(2)23-9-6-10-26(35)31(23)37-30/h6,9-14,16-17,22,37H,7-8,15,18H2,1-5H3,(H,36,40)/t22-/m1/s1. The number of fused-ring (bicyclic) bond motifs is 2. The number of H-pyrrole nitrogens is 1. The molecule has 1 atom stereocenters. The molecule has 0 saturated carbocycles. The molecule has 9 nitrogen and oxygen atoms in total. The summed E-state index contributed by atoms with van der Waals surface area (Å²) < 4.78 is 47.6. The first-order valence-electron chi connectivity index (χ1n) is 14.8. The van der Waals surface area contributed by atoms with Crippen LogP contribution >= 0.6 is 0 Å². The molecule has 2 amide bonds. The number of hydrogen-bond donors (Lipinski definition) is 2. The molecule has 45 heavy (non-hydrogen) atoms. The van der Waals surface area contributed by atoms with Crippen molar-refractivity contribution >= 4 is 49.4 Å². The summed E-state index contributed by atoms with van der Waals surface area (Å²) in [6.07, 6.45) is 2.50. The van der Waals surface area contributed by atoms with Gasteiger partial charge in [-0.1, -0.05) is 42.0 Å². The Bertz CT molecular complexity index is 2080. The highest BCUT2D eigenvalue weighted by molar-refractivity contribution is 7.92. The number of halogens is 1. The van der Waals surface area contributed by atoms with Crippen molar-refractivity contribution in [2.45, 2.75) is 32.6 Å². The fourth-order valence-electron chi connectivity index (χ4n) is 6.29. The van der Waals surface area contributed by atoms with E-state index in [2.05, 4.69) is 10.3 Å². The topological polar surface area (TPSA) is 116 Å². The summed E-state index contributed by atoms with van der Waals surface area (Å²) in [6, 6.07) is 15.9. The van der Waals surface area contributed by atoms with E-state index in [0.717, 1.165) is 17.4 Å². The number of aryl methyl sites for hydroxylation is 2. The summed E-state index contributed by atoms with van der Waals surface area (Å²) in [7, 11) is -0.638. The molecule has 11 heteroatoms. The molecule has 234 valence electrons. The van der Waals surface area contributed by atoms with Crippen LogP contribution in [0.3, 0.4) is 0 Å². The summed E-state index contributed by atoms with van der Waals surface area (Å²) >= 11 is 0. The molecule has 2 N–H and O–H groups in total. The predicted octanol–water partition coefficient (Wildman–Crippen LogP) is 6.11. The Hall–Kier alpha value is -4.64. The number of nitrogens with zero attached hydrogens (tertiary/aromatic N) is 2. The van der Waals surface area contributed by atoms with Crippen LogP contribution in [0.2, 0.25) is 0 Å². The second kappa shape index (κ2) is 11.4. The van der Waals surface area contributed by atoms with E-state index in [9.17, 15) is 22.4 Å². The third-order valence-corrected chi connectivity index (χ3v) is 10.0. The van der Waals surface area contributed by atoms with Crippen LogP contribution in [0.5, 0.6) is 0 Å². The minimum absolute atomic E-state index is 0.247. The molecule has 0 bridgehead atoms. The van der Waals surface area contributed by atoms with Gasteiger partial charge in [-0.3, -0.25) is 13.9 Å². The van der Waals surface area contributed by atoms with Crippen LogP contribution in [-0.2, 0) is 10.0 Å². The van der Waals surface area contributed by atoms with Gasteiger partial charge in [0.25, 0.3) is 11.8 Å². The smallest absolute Gasteiger partial charge is 0.270 e. The maximum atomic E-state index is 14.5. The molecule has 0 aliphatic carbocycles. The highest BCUT2D eigenvalue weighted by Crippen LogP contribution is 2.42. The molecule has 1 aliphatic rings. The number of carbonyl (C=O) groups excluding carboxylic acids is 2. The third kappa shape index (κ3) is 5.35. The Labute approximate surface area is 261 Å². The van der Waals surface area contributed by atoms with E-state index < -0.39 is 15.8 Å². The number of furan rings is 1. The predicted molar refractivity (Wildman–Crippen MR) is 174 cm³/mol. The van der Waals surface area contributed by atoms with Gasteiger partial charge in [0.2, 0.25) is 10.0 Å². The fraction of sp³-hybridized carbons (Fsp3) is 0.294. The van der Waals surface area contributed by atoms with E-state index in [0.29, 0.717) is 81.6 Å². The molecular weight excluding hydrogens is 595 g/mol. The van der Waals surface area contributed by atoms with E-state index in [4.69, 9.17) is 4.42 Å². The number of piperidine rings is 1. The Morgan fingerprint density at radius 3 is 2.49 bits per heavy atom. The van der Waals surface area contributed by atoms with E-state index in [-0.39, 0.29) is 17.7 Å². The average molecular weight is 631 g/mol. The number of sulfonamides is 1. The van der Waals surface area contributed by atoms with Crippen LogP contribution in [0.1, 0.15) is 56.3 Å². The second-order valence-corrected chi connectivity index (χ2v) is 13.8. The molecule has 3 aromatic carbocycles. The zero-order valence-electron chi connectivity index (χ0n) is 25.8. The van der Waals surface area contributed by atoms with Crippen LogP contribution in [0.15, 0.2) is 59.0 Å². The van der Waals surface area contributed by atoms with Gasteiger partial charge in [-0.15, -0.1) is 0 Å². The molecule has 0 radical (unpaired) electrons. The van der Waals surface area contributed by atoms with Crippen molar-refractivity contribution in [2.75, 3.05) is 37.7 Å². The number of rotatable bonds is 6. The highest BCUT2D eigenvalue weighted by Gasteiger charge is 2.32. The number of aromatic nitrogens is 1. The number of benzene rings is 3. The summed E-state index contributed by atoms with van der Waals surface area (Å²) in [5.74, 6) is -0.867. The van der Waals surface area contributed by atoms with Gasteiger partial charge in [0.05, 0.1) is 23.0 Å². The number of likely N-dealkylation sites (tertiary alicyclic amines) is 1. The first kappa shape index (κ1) is 30.4. The van der Waals surface area contributed by atoms with Gasteiger partial charge in [-0.05, 0) is 49.9 Å². The number of nitrogens with one attached hydrogen (secondary N) is 2. The number of amides is 2. The normalized spacial score (nSPS) is 15.5. The second-order valence-electron chi connectivity index (χ2n) is 11.8. The van der Waals surface area contributed by atoms with Crippen LogP contribution in [0, 0.1) is 19.7 Å². The zero-order valence-corrected chi connectivity index (χ0v) is 26.6. The maximum Gasteiger partial charge on any atom is 0.270 e. The summed E-state index contributed by atoms with van der Waals surface area (Å²) in [5.41, 5.74) is 4.90. The molecule has 0 spiro atoms. The van der Waals surface area contributed by atoms with Gasteiger partial charge in [0.15, 0.2) is 0 Å². The molecular formula is C34H35FN4O5S. The van der Waals surface area contributed by atoms with Gasteiger partial charge >= 0.3 is 0 Å². The first-order valence-corrected chi connectivity index (χ1v) is 16.6. The lowest BCUT2D eigenvalue weighted by molar-refractivity contribution is 0.0701. The van der Waals surface area contributed by atoms with Gasteiger partial charge in [0.1, 0.15) is 22.9 Å². The van der Waals surface area contributed by atoms with Gasteiger partial charge in [0, 0.05) is 55.5 Å². The number of anilines is 1. The minimum atomic E-state index is -3.67. The monoisotopic (exact) mass is 630 g/mol. The van der Waals surface area contributed by atoms with E-state index >= 15 is 0 Å². The highest BCUT2D eigenvalue weighted by atomic mass is 32.2. The molecule has 2 aromatic heterocycles. The zero-order chi connectivity index (χ0) is 32.2. The summed E-state index contributed by atoms with van der Waals surface area (Å²) in [4.78, 5) is 31.8. The van der Waals surface area contributed by atoms with E-state index in [1.807, 2.05) is 37.3 Å². The molecule has 6 rings (SSSR count). The van der Waals surface area contributed by atoms with E-state index in [1.54, 1.807) is 37.1 Å². The van der Waals surface area contributed by atoms with Crippen molar-refractivity contribution in [3.8, 4) is 11.3 Å². The largest absolute Gasteiger partial charge is 0.455 e. The number of aromatic amines is 1. The SMILES string of the molecule is CNC(=O)c1c(-c2ccc(C)cc2)oc2cc(N(C)S(C)(=O)=O)c([C@@H]3CCCN(C(=O)c4[nH]c5c(F)cccc5c4C)C3)cc12. The Morgan fingerprint density at radius 2 is 1.82 bits per heavy atom. The minimum Gasteiger partial charge on any atom is -0.455 e. The average Bonchev–Trinajstić information content (AvgIpc) is 3.57. The van der Waals surface area contributed by atoms with Crippen molar-refractivity contribution in [2.24, 2.45) is 0 Å². The van der Waals surface area contributed by atoms with Crippen LogP contribution in [0.4, 0.5) is 10.1 Å². The third-order valence-electron chi connectivity index (χ3n) is 8.85. The van der Waals surface area contributed by atoms with Gasteiger partial charge in [-0.2, -0.15) is 0 Å². The lowest BCUT2D eigenvalue weighted by Gasteiger charge is -2.34. The van der Waals surface area contributed by atoms with Crippen molar-refractivity contribution in [1.82, 2.24) is 15.2 Å². The Balaban J connectivity index is 1.47. The van der Waals surface area contributed by atoms with Crippen molar-refractivity contribution in [3.05, 3.63) is 88.4 Å². The molecule has 5 aromatic rings. The van der Waals surface area contributed by atoms with Crippen molar-refractivity contribution in [3.63, 3.8) is 0 Å². The first-order chi connectivity index (χ1) is 21.4. The molecule has 3 heterocycles. The van der Waals surface area contributed by atoms with Gasteiger partial charge in [-0.25, -0.2) is 12.8 Å². The van der Waals surface area contributed by atoms with Crippen LogP contribution in [0.25, 0.3) is 33.2 Å². The molecule has 1 aliphatic heterocycles. The van der Waals surface area contributed by atoms with E-state index in [1.165, 1.54) is 17.4 Å².